The molecular weight excluding hydrogens is 362 g/mol. The molecule has 24 heavy (non-hydrogen) atoms. The third kappa shape index (κ3) is 4.54. The van der Waals surface area contributed by atoms with Crippen molar-refractivity contribution >= 4 is 18.3 Å². The molecule has 3 nitrogen and oxygen atoms in total. The third-order valence-corrected chi connectivity index (χ3v) is 3.60. The van der Waals surface area contributed by atoms with Crippen LogP contribution in [-0.2, 0) is 12.4 Å². The lowest BCUT2D eigenvalue weighted by Gasteiger charge is -2.34. The maximum absolute atomic E-state index is 12.8. The fourth-order valence-electron chi connectivity index (χ4n) is 2.39. The van der Waals surface area contributed by atoms with Crippen LogP contribution in [0.5, 0.6) is 0 Å². The topological polar surface area (TPSA) is 32.3 Å². The molecule has 1 saturated heterocycles. The minimum absolute atomic E-state index is 0. The molecule has 2 rings (SSSR count). The second kappa shape index (κ2) is 7.18. The van der Waals surface area contributed by atoms with E-state index >= 15 is 0 Å². The minimum atomic E-state index is -4.97. The van der Waals surface area contributed by atoms with Gasteiger partial charge in [-0.05, 0) is 25.1 Å². The molecule has 1 atom stereocenters. The van der Waals surface area contributed by atoms with Crippen LogP contribution in [0.3, 0.4) is 0 Å². The lowest BCUT2D eigenvalue weighted by Crippen LogP contribution is -2.52. The van der Waals surface area contributed by atoms with Gasteiger partial charge in [0.1, 0.15) is 0 Å². The van der Waals surface area contributed by atoms with Gasteiger partial charge in [0.2, 0.25) is 0 Å². The lowest BCUT2D eigenvalue weighted by atomic mass is 10.0. The van der Waals surface area contributed by atoms with Gasteiger partial charge in [0.05, 0.1) is 11.1 Å². The highest BCUT2D eigenvalue weighted by Crippen LogP contribution is 2.36. The second-order valence-corrected chi connectivity index (χ2v) is 5.35. The van der Waals surface area contributed by atoms with Crippen molar-refractivity contribution in [3.63, 3.8) is 0 Å². The molecule has 0 aliphatic carbocycles. The monoisotopic (exact) mass is 376 g/mol. The van der Waals surface area contributed by atoms with E-state index in [0.29, 0.717) is 25.2 Å². The first-order chi connectivity index (χ1) is 10.5. The van der Waals surface area contributed by atoms with Crippen LogP contribution in [0.4, 0.5) is 26.3 Å². The van der Waals surface area contributed by atoms with Gasteiger partial charge in [-0.3, -0.25) is 4.79 Å². The molecule has 136 valence electrons. The van der Waals surface area contributed by atoms with Crippen molar-refractivity contribution in [3.05, 3.63) is 34.9 Å². The average Bonchev–Trinajstić information content (AvgIpc) is 2.45. The summed E-state index contributed by atoms with van der Waals surface area (Å²) in [5, 5.41) is 2.99. The van der Waals surface area contributed by atoms with Crippen LogP contribution in [0.15, 0.2) is 18.2 Å². The van der Waals surface area contributed by atoms with Crippen molar-refractivity contribution in [1.29, 1.82) is 0 Å². The number of alkyl halides is 6. The Kier molecular flexibility index (Phi) is 6.15. The molecule has 1 aliphatic rings. The van der Waals surface area contributed by atoms with E-state index in [1.165, 1.54) is 4.90 Å². The van der Waals surface area contributed by atoms with Gasteiger partial charge >= 0.3 is 12.4 Å². The summed E-state index contributed by atoms with van der Waals surface area (Å²) in [6.45, 7) is 2.75. The van der Waals surface area contributed by atoms with Crippen LogP contribution in [0.1, 0.15) is 28.4 Å². The zero-order chi connectivity index (χ0) is 17.4. The van der Waals surface area contributed by atoms with E-state index in [-0.39, 0.29) is 31.1 Å². The highest BCUT2D eigenvalue weighted by molar-refractivity contribution is 5.95. The normalized spacial score (nSPS) is 19.0. The zero-order valence-corrected chi connectivity index (χ0v) is 13.3. The van der Waals surface area contributed by atoms with E-state index in [4.69, 9.17) is 0 Å². The summed E-state index contributed by atoms with van der Waals surface area (Å²) in [6.07, 6.45) is -9.93. The molecule has 1 aromatic carbocycles. The molecule has 1 fully saturated rings. The van der Waals surface area contributed by atoms with Gasteiger partial charge in [-0.2, -0.15) is 26.3 Å². The van der Waals surface area contributed by atoms with Crippen molar-refractivity contribution < 1.29 is 31.1 Å². The number of hydrogen-bond donors (Lipinski definition) is 1. The standard InChI is InChI=1S/C14H14F6N2O.ClH/c1-8-7-21-2-3-22(8)12(23)9-4-10(13(15,16)17)6-11(5-9)14(18,19)20;/h4-6,8,21H,2-3,7H2,1H3;1H/t8-;/m0./s1. The van der Waals surface area contributed by atoms with Crippen molar-refractivity contribution in [2.75, 3.05) is 19.6 Å². The first kappa shape index (κ1) is 20.6. The highest BCUT2D eigenvalue weighted by Gasteiger charge is 2.38. The largest absolute Gasteiger partial charge is 0.416 e. The lowest BCUT2D eigenvalue weighted by molar-refractivity contribution is -0.143. The SMILES string of the molecule is C[C@H]1CNCCN1C(=O)c1cc(C(F)(F)F)cc(C(F)(F)F)c1.Cl. The molecule has 1 heterocycles. The fourth-order valence-corrected chi connectivity index (χ4v) is 2.39. The number of amides is 1. The summed E-state index contributed by atoms with van der Waals surface area (Å²) in [7, 11) is 0. The van der Waals surface area contributed by atoms with Crippen molar-refractivity contribution in [2.45, 2.75) is 25.3 Å². The number of nitrogens with zero attached hydrogens (tertiary/aromatic N) is 1. The van der Waals surface area contributed by atoms with E-state index < -0.39 is 35.0 Å². The summed E-state index contributed by atoms with van der Waals surface area (Å²) < 4.78 is 76.9. The van der Waals surface area contributed by atoms with E-state index in [0.717, 1.165) is 0 Å². The van der Waals surface area contributed by atoms with E-state index in [2.05, 4.69) is 5.32 Å². The maximum Gasteiger partial charge on any atom is 0.416 e. The molecule has 1 N–H and O–H groups in total. The van der Waals surface area contributed by atoms with E-state index in [9.17, 15) is 31.1 Å². The quantitative estimate of drug-likeness (QED) is 0.760. The smallest absolute Gasteiger partial charge is 0.333 e. The minimum Gasteiger partial charge on any atom is -0.333 e. The fraction of sp³-hybridized carbons (Fsp3) is 0.500. The molecular formula is C14H15ClF6N2O. The van der Waals surface area contributed by atoms with Gasteiger partial charge in [-0.15, -0.1) is 12.4 Å². The molecule has 0 spiro atoms. The number of nitrogens with one attached hydrogen (secondary N) is 1. The Morgan fingerprint density at radius 1 is 1.08 bits per heavy atom. The molecule has 0 unspecified atom stereocenters. The molecule has 0 saturated carbocycles. The highest BCUT2D eigenvalue weighted by atomic mass is 35.5. The van der Waals surface area contributed by atoms with Crippen molar-refractivity contribution in [1.82, 2.24) is 10.2 Å². The first-order valence-corrected chi connectivity index (χ1v) is 6.81. The van der Waals surface area contributed by atoms with Gasteiger partial charge in [-0.1, -0.05) is 0 Å². The average molecular weight is 377 g/mol. The Labute approximate surface area is 140 Å². The van der Waals surface area contributed by atoms with Crippen LogP contribution in [0.2, 0.25) is 0 Å². The van der Waals surface area contributed by atoms with Gasteiger partial charge in [-0.25, -0.2) is 0 Å². The van der Waals surface area contributed by atoms with Crippen LogP contribution >= 0.6 is 12.4 Å². The molecule has 1 aromatic rings. The number of halogens is 7. The first-order valence-electron chi connectivity index (χ1n) is 6.81. The number of hydrogen-bond acceptors (Lipinski definition) is 2. The summed E-state index contributed by atoms with van der Waals surface area (Å²) >= 11 is 0. The van der Waals surface area contributed by atoms with Crippen molar-refractivity contribution in [3.8, 4) is 0 Å². The zero-order valence-electron chi connectivity index (χ0n) is 12.5. The molecule has 1 aliphatic heterocycles. The van der Waals surface area contributed by atoms with Crippen LogP contribution in [0, 0.1) is 0 Å². The number of carbonyl (C=O) groups is 1. The molecule has 0 aromatic heterocycles. The predicted molar refractivity (Wildman–Crippen MR) is 77.1 cm³/mol. The molecule has 0 bridgehead atoms. The summed E-state index contributed by atoms with van der Waals surface area (Å²) in [6, 6.07) is 0.622. The number of piperazine rings is 1. The third-order valence-electron chi connectivity index (χ3n) is 3.60. The van der Waals surface area contributed by atoms with Gasteiger partial charge in [0, 0.05) is 31.2 Å². The van der Waals surface area contributed by atoms with Crippen LogP contribution in [-0.4, -0.2) is 36.5 Å². The van der Waals surface area contributed by atoms with E-state index in [1.54, 1.807) is 6.92 Å². The summed E-state index contributed by atoms with van der Waals surface area (Å²) in [5.41, 5.74) is -3.59. The van der Waals surface area contributed by atoms with Gasteiger partial charge in [0.25, 0.3) is 5.91 Å². The van der Waals surface area contributed by atoms with E-state index in [1.807, 2.05) is 0 Å². The Morgan fingerprint density at radius 2 is 1.58 bits per heavy atom. The predicted octanol–water partition coefficient (Wildman–Crippen LogP) is 3.58. The molecule has 0 radical (unpaired) electrons. The van der Waals surface area contributed by atoms with Gasteiger partial charge in [0.15, 0.2) is 0 Å². The summed E-state index contributed by atoms with van der Waals surface area (Å²) in [5.74, 6) is -0.837. The van der Waals surface area contributed by atoms with Gasteiger partial charge < -0.3 is 10.2 Å². The Hall–Kier alpha value is -1.48. The van der Waals surface area contributed by atoms with Crippen LogP contribution in [0.25, 0.3) is 0 Å². The Bertz CT molecular complexity index is 570. The Balaban J connectivity index is 0.00000288. The second-order valence-electron chi connectivity index (χ2n) is 5.35. The number of benzene rings is 1. The Morgan fingerprint density at radius 3 is 2.00 bits per heavy atom. The van der Waals surface area contributed by atoms with Crippen molar-refractivity contribution in [2.24, 2.45) is 0 Å². The van der Waals surface area contributed by atoms with Crippen LogP contribution < -0.4 is 5.32 Å². The number of carbonyl (C=O) groups excluding carboxylic acids is 1. The number of rotatable bonds is 1. The maximum atomic E-state index is 12.8. The molecule has 1 amide bonds. The summed E-state index contributed by atoms with van der Waals surface area (Å²) in [4.78, 5) is 13.6. The molecule has 10 heteroatoms.